The van der Waals surface area contributed by atoms with E-state index in [0.717, 1.165) is 54.2 Å². The molecule has 1 atom stereocenters. The van der Waals surface area contributed by atoms with Gasteiger partial charge in [0.05, 0.1) is 5.69 Å². The summed E-state index contributed by atoms with van der Waals surface area (Å²) in [6, 6.07) is 23.1. The number of amides is 1. The number of anilines is 2. The van der Waals surface area contributed by atoms with Crippen molar-refractivity contribution in [3.8, 4) is 5.75 Å². The first-order valence-corrected chi connectivity index (χ1v) is 10.7. The Balaban J connectivity index is 1.54. The monoisotopic (exact) mass is 415 g/mol. The van der Waals surface area contributed by atoms with Gasteiger partial charge < -0.3 is 15.3 Å². The molecule has 3 aromatic rings. The number of piperazine rings is 1. The first-order chi connectivity index (χ1) is 15.0. The molecule has 5 heteroatoms. The summed E-state index contributed by atoms with van der Waals surface area (Å²) in [6.07, 6.45) is 0. The van der Waals surface area contributed by atoms with E-state index in [1.807, 2.05) is 74.5 Å². The van der Waals surface area contributed by atoms with Gasteiger partial charge in [-0.1, -0.05) is 54.6 Å². The predicted molar refractivity (Wildman–Crippen MR) is 126 cm³/mol. The Bertz CT molecular complexity index is 1040. The van der Waals surface area contributed by atoms with E-state index in [1.165, 1.54) is 0 Å². The molecule has 1 heterocycles. The van der Waals surface area contributed by atoms with Crippen molar-refractivity contribution in [1.82, 2.24) is 4.90 Å². The molecule has 1 fully saturated rings. The van der Waals surface area contributed by atoms with Gasteiger partial charge in [0.1, 0.15) is 11.8 Å². The van der Waals surface area contributed by atoms with Crippen molar-refractivity contribution in [2.45, 2.75) is 19.9 Å². The van der Waals surface area contributed by atoms with Gasteiger partial charge in [0.25, 0.3) is 0 Å². The minimum absolute atomic E-state index is 0.0177. The molecular weight excluding hydrogens is 386 g/mol. The van der Waals surface area contributed by atoms with Crippen LogP contribution in [-0.4, -0.2) is 42.1 Å². The lowest BCUT2D eigenvalue weighted by Crippen LogP contribution is -2.50. The fraction of sp³-hybridized carbons (Fsp3) is 0.269. The third kappa shape index (κ3) is 4.72. The highest BCUT2D eigenvalue weighted by Crippen LogP contribution is 2.30. The maximum atomic E-state index is 13.5. The highest BCUT2D eigenvalue weighted by atomic mass is 16.3. The molecule has 1 aliphatic heterocycles. The average molecular weight is 416 g/mol. The molecule has 0 spiro atoms. The maximum absolute atomic E-state index is 13.5. The highest BCUT2D eigenvalue weighted by molar-refractivity contribution is 5.96. The molecule has 0 radical (unpaired) electrons. The van der Waals surface area contributed by atoms with E-state index >= 15 is 0 Å². The zero-order valence-electron chi connectivity index (χ0n) is 18.1. The summed E-state index contributed by atoms with van der Waals surface area (Å²) >= 11 is 0. The third-order valence-corrected chi connectivity index (χ3v) is 5.92. The number of benzene rings is 3. The number of nitrogens with one attached hydrogen (secondary N) is 1. The molecule has 0 aliphatic carbocycles. The van der Waals surface area contributed by atoms with Crippen molar-refractivity contribution in [3.05, 3.63) is 89.5 Å². The van der Waals surface area contributed by atoms with Gasteiger partial charge in [0, 0.05) is 31.9 Å². The van der Waals surface area contributed by atoms with Gasteiger partial charge >= 0.3 is 0 Å². The molecule has 160 valence electrons. The molecule has 1 aliphatic rings. The second-order valence-electron chi connectivity index (χ2n) is 8.13. The topological polar surface area (TPSA) is 55.8 Å². The van der Waals surface area contributed by atoms with E-state index in [9.17, 15) is 9.90 Å². The van der Waals surface area contributed by atoms with Crippen LogP contribution in [0.1, 0.15) is 22.7 Å². The lowest BCUT2D eigenvalue weighted by Gasteiger charge is -2.40. The number of phenols is 1. The standard InChI is InChI=1S/C26H29N3O2/c1-19-12-13-20(2)22(18-19)27-26(31)25(21-8-4-3-5-9-21)29-16-14-28(15-17-29)23-10-6-7-11-24(23)30/h3-13,18,25,30H,14-17H2,1-2H3,(H,27,31)/t25-/m1/s1. The molecule has 1 amide bonds. The lowest BCUT2D eigenvalue weighted by atomic mass is 10.0. The summed E-state index contributed by atoms with van der Waals surface area (Å²) < 4.78 is 0. The molecule has 0 unspecified atom stereocenters. The largest absolute Gasteiger partial charge is 0.506 e. The number of rotatable bonds is 5. The van der Waals surface area contributed by atoms with Crippen LogP contribution in [0.4, 0.5) is 11.4 Å². The Labute approximate surface area is 183 Å². The van der Waals surface area contributed by atoms with Gasteiger partial charge in [-0.05, 0) is 48.7 Å². The minimum Gasteiger partial charge on any atom is -0.506 e. The van der Waals surface area contributed by atoms with Gasteiger partial charge in [-0.3, -0.25) is 9.69 Å². The number of carbonyl (C=O) groups excluding carboxylic acids is 1. The van der Waals surface area contributed by atoms with Crippen LogP contribution in [0, 0.1) is 13.8 Å². The first kappa shape index (κ1) is 20.9. The van der Waals surface area contributed by atoms with E-state index in [0.29, 0.717) is 5.75 Å². The summed E-state index contributed by atoms with van der Waals surface area (Å²) in [4.78, 5) is 17.9. The average Bonchev–Trinajstić information content (AvgIpc) is 2.78. The summed E-state index contributed by atoms with van der Waals surface area (Å²) in [5, 5.41) is 13.4. The number of nitrogens with zero attached hydrogens (tertiary/aromatic N) is 2. The molecule has 3 aromatic carbocycles. The lowest BCUT2D eigenvalue weighted by molar-refractivity contribution is -0.121. The number of phenolic OH excluding ortho intramolecular Hbond substituents is 1. The van der Waals surface area contributed by atoms with E-state index in [2.05, 4.69) is 21.2 Å². The van der Waals surface area contributed by atoms with Crippen LogP contribution in [-0.2, 0) is 4.79 Å². The van der Waals surface area contributed by atoms with Crippen molar-refractivity contribution in [3.63, 3.8) is 0 Å². The highest BCUT2D eigenvalue weighted by Gasteiger charge is 2.31. The second kappa shape index (κ2) is 9.23. The number of hydrogen-bond acceptors (Lipinski definition) is 4. The molecule has 4 rings (SSSR count). The molecular formula is C26H29N3O2. The van der Waals surface area contributed by atoms with Crippen molar-refractivity contribution in [2.24, 2.45) is 0 Å². The van der Waals surface area contributed by atoms with E-state index in [-0.39, 0.29) is 11.9 Å². The molecule has 0 bridgehead atoms. The summed E-state index contributed by atoms with van der Waals surface area (Å²) in [7, 11) is 0. The van der Waals surface area contributed by atoms with Gasteiger partial charge in [-0.15, -0.1) is 0 Å². The molecule has 1 saturated heterocycles. The van der Waals surface area contributed by atoms with Crippen LogP contribution in [0.3, 0.4) is 0 Å². The molecule has 5 nitrogen and oxygen atoms in total. The Morgan fingerprint density at radius 1 is 0.903 bits per heavy atom. The summed E-state index contributed by atoms with van der Waals surface area (Å²) in [5.41, 5.74) is 4.86. The molecule has 0 saturated carbocycles. The fourth-order valence-electron chi connectivity index (χ4n) is 4.19. The van der Waals surface area contributed by atoms with E-state index in [1.54, 1.807) is 6.07 Å². The van der Waals surface area contributed by atoms with Crippen LogP contribution in [0.2, 0.25) is 0 Å². The minimum atomic E-state index is -0.368. The quantitative estimate of drug-likeness (QED) is 0.644. The van der Waals surface area contributed by atoms with Crippen LogP contribution >= 0.6 is 0 Å². The SMILES string of the molecule is Cc1ccc(C)c(NC(=O)[C@@H](c2ccccc2)N2CCN(c3ccccc3O)CC2)c1. The maximum Gasteiger partial charge on any atom is 0.246 e. The molecule has 0 aromatic heterocycles. The van der Waals surface area contributed by atoms with E-state index < -0.39 is 0 Å². The van der Waals surface area contributed by atoms with Crippen LogP contribution in [0.5, 0.6) is 5.75 Å². The zero-order chi connectivity index (χ0) is 21.8. The third-order valence-electron chi connectivity index (χ3n) is 5.92. The fourth-order valence-corrected chi connectivity index (χ4v) is 4.19. The van der Waals surface area contributed by atoms with Gasteiger partial charge in [0.15, 0.2) is 0 Å². The normalized spacial score (nSPS) is 15.5. The van der Waals surface area contributed by atoms with Gasteiger partial charge in [0.2, 0.25) is 5.91 Å². The van der Waals surface area contributed by atoms with Crippen LogP contribution < -0.4 is 10.2 Å². The van der Waals surface area contributed by atoms with Crippen molar-refractivity contribution < 1.29 is 9.90 Å². The zero-order valence-corrected chi connectivity index (χ0v) is 18.1. The number of hydrogen-bond donors (Lipinski definition) is 2. The Morgan fingerprint density at radius 2 is 1.58 bits per heavy atom. The Morgan fingerprint density at radius 3 is 2.29 bits per heavy atom. The van der Waals surface area contributed by atoms with Gasteiger partial charge in [-0.25, -0.2) is 0 Å². The van der Waals surface area contributed by atoms with Crippen LogP contribution in [0.25, 0.3) is 0 Å². The summed E-state index contributed by atoms with van der Waals surface area (Å²) in [5.74, 6) is 0.277. The summed E-state index contributed by atoms with van der Waals surface area (Å²) in [6.45, 7) is 7.00. The molecule has 31 heavy (non-hydrogen) atoms. The second-order valence-corrected chi connectivity index (χ2v) is 8.13. The molecule has 2 N–H and O–H groups in total. The Kier molecular flexibility index (Phi) is 6.23. The van der Waals surface area contributed by atoms with Crippen molar-refractivity contribution in [2.75, 3.05) is 36.4 Å². The smallest absolute Gasteiger partial charge is 0.246 e. The van der Waals surface area contributed by atoms with Crippen LogP contribution in [0.15, 0.2) is 72.8 Å². The number of aryl methyl sites for hydroxylation is 2. The Hall–Kier alpha value is -3.31. The van der Waals surface area contributed by atoms with Gasteiger partial charge in [-0.2, -0.15) is 0 Å². The van der Waals surface area contributed by atoms with E-state index in [4.69, 9.17) is 0 Å². The first-order valence-electron chi connectivity index (χ1n) is 10.7. The predicted octanol–water partition coefficient (Wildman–Crippen LogP) is 4.51. The number of aromatic hydroxyl groups is 1. The number of para-hydroxylation sites is 2. The van der Waals surface area contributed by atoms with Crippen molar-refractivity contribution >= 4 is 17.3 Å². The number of carbonyl (C=O) groups is 1. The van der Waals surface area contributed by atoms with Crippen molar-refractivity contribution in [1.29, 1.82) is 0 Å².